The SMILES string of the molecule is C.CC(=O)c1cc(-c2ccc(C#N)c(F)c2)n(-c2ccc(N3CCC(OCCO)CC3)cc2)n1.CCC(N)CCCC(C)C. The van der Waals surface area contributed by atoms with E-state index in [9.17, 15) is 9.18 Å². The molecule has 1 unspecified atom stereocenters. The van der Waals surface area contributed by atoms with Gasteiger partial charge >= 0.3 is 0 Å². The Morgan fingerprint density at radius 1 is 1.14 bits per heavy atom. The predicted octanol–water partition coefficient (Wildman–Crippen LogP) is 6.92. The van der Waals surface area contributed by atoms with Crippen molar-refractivity contribution in [2.45, 2.75) is 85.8 Å². The van der Waals surface area contributed by atoms with Crippen molar-refractivity contribution in [3.8, 4) is 23.0 Å². The van der Waals surface area contributed by atoms with Gasteiger partial charge in [0.25, 0.3) is 0 Å². The number of aromatic nitrogens is 2. The van der Waals surface area contributed by atoms with E-state index < -0.39 is 5.82 Å². The fraction of sp³-hybridized carbons (Fsp3) is 0.514. The third kappa shape index (κ3) is 10.5. The third-order valence-corrected chi connectivity index (χ3v) is 7.68. The van der Waals surface area contributed by atoms with Crippen molar-refractivity contribution in [1.82, 2.24) is 9.78 Å². The van der Waals surface area contributed by atoms with E-state index in [0.29, 0.717) is 23.9 Å². The number of rotatable bonds is 12. The van der Waals surface area contributed by atoms with Crippen LogP contribution in [0.2, 0.25) is 0 Å². The van der Waals surface area contributed by atoms with Crippen molar-refractivity contribution in [3.63, 3.8) is 0 Å². The average molecular weight is 608 g/mol. The summed E-state index contributed by atoms with van der Waals surface area (Å²) in [5.41, 5.74) is 8.92. The van der Waals surface area contributed by atoms with Gasteiger partial charge in [-0.2, -0.15) is 10.4 Å². The molecule has 9 heteroatoms. The summed E-state index contributed by atoms with van der Waals surface area (Å²) >= 11 is 0. The van der Waals surface area contributed by atoms with Gasteiger partial charge in [-0.25, -0.2) is 9.07 Å². The van der Waals surface area contributed by atoms with Crippen molar-refractivity contribution >= 4 is 11.5 Å². The van der Waals surface area contributed by atoms with Crippen LogP contribution in [0.25, 0.3) is 16.9 Å². The number of nitrogens with two attached hydrogens (primary N) is 1. The van der Waals surface area contributed by atoms with Gasteiger partial charge in [0.1, 0.15) is 17.6 Å². The number of Topliss-reactive ketones (excluding diaryl/α,β-unsaturated/α-hetero) is 1. The van der Waals surface area contributed by atoms with Crippen LogP contribution in [0.5, 0.6) is 0 Å². The molecule has 0 saturated carbocycles. The van der Waals surface area contributed by atoms with Crippen molar-refractivity contribution in [3.05, 3.63) is 65.6 Å². The lowest BCUT2D eigenvalue weighted by Gasteiger charge is -2.33. The first-order chi connectivity index (χ1) is 20.7. The summed E-state index contributed by atoms with van der Waals surface area (Å²) in [6.07, 6.45) is 6.93. The minimum atomic E-state index is -0.617. The molecule has 1 atom stereocenters. The minimum Gasteiger partial charge on any atom is -0.394 e. The van der Waals surface area contributed by atoms with Gasteiger partial charge in [0.15, 0.2) is 5.78 Å². The average Bonchev–Trinajstić information content (AvgIpc) is 3.46. The molecule has 1 saturated heterocycles. The van der Waals surface area contributed by atoms with Gasteiger partial charge in [0, 0.05) is 37.3 Å². The second-order valence-corrected chi connectivity index (χ2v) is 11.5. The molecule has 1 aromatic heterocycles. The Kier molecular flexibility index (Phi) is 15.2. The molecule has 0 spiro atoms. The van der Waals surface area contributed by atoms with Crippen LogP contribution in [0.4, 0.5) is 10.1 Å². The van der Waals surface area contributed by atoms with Crippen LogP contribution in [0.15, 0.2) is 48.5 Å². The maximum absolute atomic E-state index is 14.2. The van der Waals surface area contributed by atoms with E-state index in [1.54, 1.807) is 16.8 Å². The highest BCUT2D eigenvalue weighted by Crippen LogP contribution is 2.28. The number of piperidine rings is 1. The molecule has 1 aliphatic rings. The zero-order chi connectivity index (χ0) is 31.4. The largest absolute Gasteiger partial charge is 0.394 e. The number of aliphatic hydroxyl groups excluding tert-OH is 1. The summed E-state index contributed by atoms with van der Waals surface area (Å²) < 4.78 is 21.5. The Balaban J connectivity index is 0.000000531. The van der Waals surface area contributed by atoms with E-state index in [1.807, 2.05) is 30.3 Å². The predicted molar refractivity (Wildman–Crippen MR) is 176 cm³/mol. The number of hydrogen-bond acceptors (Lipinski definition) is 7. The third-order valence-electron chi connectivity index (χ3n) is 7.68. The Bertz CT molecular complexity index is 1340. The number of benzene rings is 2. The fourth-order valence-electron chi connectivity index (χ4n) is 5.02. The van der Waals surface area contributed by atoms with Crippen molar-refractivity contribution in [2.75, 3.05) is 31.2 Å². The van der Waals surface area contributed by atoms with Gasteiger partial charge in [0.2, 0.25) is 0 Å². The number of carbonyl (C=O) groups excluding carboxylic acids is 1. The molecule has 3 aromatic rings. The standard InChI is InChI=1S/C25H25FN4O3.C9H21N.CH4/c1-17(32)24-15-25(18-2-3-19(16-27)23(26)14-18)30(28-24)21-6-4-20(5-7-21)29-10-8-22(9-11-29)33-13-12-31;1-4-9(10)7-5-6-8(2)3;/h2-7,14-15,22,31H,8-13H2,1H3;8-9H,4-7,10H2,1-3H3;1H4. The van der Waals surface area contributed by atoms with Gasteiger partial charge < -0.3 is 20.5 Å². The van der Waals surface area contributed by atoms with E-state index in [0.717, 1.165) is 49.6 Å². The molecule has 0 radical (unpaired) electrons. The Morgan fingerprint density at radius 2 is 1.80 bits per heavy atom. The molecule has 3 N–H and O–H groups in total. The summed E-state index contributed by atoms with van der Waals surface area (Å²) in [5.74, 6) is 0.0323. The number of halogens is 1. The molecule has 0 bridgehead atoms. The van der Waals surface area contributed by atoms with Crippen LogP contribution in [-0.2, 0) is 4.74 Å². The molecule has 4 rings (SSSR count). The number of carbonyl (C=O) groups is 1. The second kappa shape index (κ2) is 18.3. The van der Waals surface area contributed by atoms with Crippen LogP contribution < -0.4 is 10.6 Å². The molecule has 8 nitrogen and oxygen atoms in total. The Labute approximate surface area is 262 Å². The lowest BCUT2D eigenvalue weighted by Crippen LogP contribution is -2.37. The molecule has 1 fully saturated rings. The van der Waals surface area contributed by atoms with E-state index in [1.165, 1.54) is 38.3 Å². The molecule has 0 amide bonds. The summed E-state index contributed by atoms with van der Waals surface area (Å²) in [6.45, 7) is 10.2. The zero-order valence-corrected chi connectivity index (χ0v) is 25.9. The quantitative estimate of drug-likeness (QED) is 0.215. The normalized spacial score (nSPS) is 13.9. The smallest absolute Gasteiger partial charge is 0.180 e. The number of nitriles is 1. The molecule has 44 heavy (non-hydrogen) atoms. The molecule has 2 heterocycles. The zero-order valence-electron chi connectivity index (χ0n) is 25.9. The van der Waals surface area contributed by atoms with E-state index in [2.05, 4.69) is 30.8 Å². The van der Waals surface area contributed by atoms with Crippen LogP contribution in [0, 0.1) is 23.1 Å². The summed E-state index contributed by atoms with van der Waals surface area (Å²) in [6, 6.07) is 16.1. The highest BCUT2D eigenvalue weighted by atomic mass is 19.1. The number of nitrogens with zero attached hydrogens (tertiary/aromatic N) is 4. The lowest BCUT2D eigenvalue weighted by atomic mass is 10.0. The number of ketones is 1. The van der Waals surface area contributed by atoms with E-state index in [4.69, 9.17) is 20.8 Å². The van der Waals surface area contributed by atoms with Gasteiger partial charge in [-0.15, -0.1) is 0 Å². The summed E-state index contributed by atoms with van der Waals surface area (Å²) in [4.78, 5) is 14.3. The molecule has 2 aromatic carbocycles. The van der Waals surface area contributed by atoms with Crippen molar-refractivity contribution < 1.29 is 19.0 Å². The van der Waals surface area contributed by atoms with Crippen LogP contribution in [-0.4, -0.2) is 59.1 Å². The van der Waals surface area contributed by atoms with Crippen LogP contribution >= 0.6 is 0 Å². The topological polar surface area (TPSA) is 117 Å². The maximum Gasteiger partial charge on any atom is 0.180 e. The van der Waals surface area contributed by atoms with Crippen molar-refractivity contribution in [2.24, 2.45) is 11.7 Å². The van der Waals surface area contributed by atoms with Gasteiger partial charge in [-0.1, -0.05) is 47.1 Å². The van der Waals surface area contributed by atoms with Gasteiger partial charge in [0.05, 0.1) is 36.3 Å². The first kappa shape index (κ1) is 36.6. The number of ether oxygens (including phenoxy) is 1. The number of aliphatic hydroxyl groups is 1. The first-order valence-electron chi connectivity index (χ1n) is 15.3. The summed E-state index contributed by atoms with van der Waals surface area (Å²) in [7, 11) is 0. The van der Waals surface area contributed by atoms with Gasteiger partial charge in [-0.05, 0) is 74.1 Å². The second-order valence-electron chi connectivity index (χ2n) is 11.5. The van der Waals surface area contributed by atoms with E-state index >= 15 is 0 Å². The number of anilines is 1. The molecule has 240 valence electrons. The molecular weight excluding hydrogens is 557 g/mol. The fourth-order valence-corrected chi connectivity index (χ4v) is 5.02. The lowest BCUT2D eigenvalue weighted by molar-refractivity contribution is 0.0159. The molecular formula is C35H50FN5O3. The monoisotopic (exact) mass is 607 g/mol. The highest BCUT2D eigenvalue weighted by Gasteiger charge is 2.20. The molecule has 1 aliphatic heterocycles. The van der Waals surface area contributed by atoms with Crippen LogP contribution in [0.1, 0.15) is 89.7 Å². The number of hydrogen-bond donors (Lipinski definition) is 2. The summed E-state index contributed by atoms with van der Waals surface area (Å²) in [5, 5.41) is 22.4. The highest BCUT2D eigenvalue weighted by molar-refractivity contribution is 5.93. The van der Waals surface area contributed by atoms with Crippen molar-refractivity contribution in [1.29, 1.82) is 5.26 Å². The van der Waals surface area contributed by atoms with E-state index in [-0.39, 0.29) is 37.2 Å². The molecule has 0 aliphatic carbocycles. The minimum absolute atomic E-state index is 0. The first-order valence-corrected chi connectivity index (χ1v) is 15.3. The van der Waals surface area contributed by atoms with Gasteiger partial charge in [-0.3, -0.25) is 4.79 Å². The Hall–Kier alpha value is -3.58. The van der Waals surface area contributed by atoms with Crippen LogP contribution in [0.3, 0.4) is 0 Å². The maximum atomic E-state index is 14.2. The Morgan fingerprint density at radius 3 is 2.34 bits per heavy atom.